The van der Waals surface area contributed by atoms with Gasteiger partial charge in [-0.3, -0.25) is 4.79 Å². The Morgan fingerprint density at radius 3 is 2.77 bits per heavy atom. The van der Waals surface area contributed by atoms with E-state index in [1.807, 2.05) is 19.9 Å². The van der Waals surface area contributed by atoms with Crippen molar-refractivity contribution in [3.05, 3.63) is 29.2 Å². The molecular weight excluding hydrogens is 276 g/mol. The molecule has 2 aromatic heterocycles. The number of hydrogen-bond donors (Lipinski definition) is 1. The van der Waals surface area contributed by atoms with Gasteiger partial charge in [0.2, 0.25) is 0 Å². The first-order valence-electron chi connectivity index (χ1n) is 7.67. The summed E-state index contributed by atoms with van der Waals surface area (Å²) in [6.45, 7) is 3.88. The average molecular weight is 296 g/mol. The summed E-state index contributed by atoms with van der Waals surface area (Å²) in [7, 11) is 0. The SMILES string of the molecule is C#C[C@H]1CC[C@H](NC(=O)c2cnn3c(C)cc(C)nc23)CC1. The van der Waals surface area contributed by atoms with Crippen LogP contribution in [0, 0.1) is 32.1 Å². The van der Waals surface area contributed by atoms with Crippen LogP contribution >= 0.6 is 0 Å². The lowest BCUT2D eigenvalue weighted by atomic mass is 9.86. The van der Waals surface area contributed by atoms with Gasteiger partial charge in [0.15, 0.2) is 5.65 Å². The fourth-order valence-corrected chi connectivity index (χ4v) is 3.10. The highest BCUT2D eigenvalue weighted by molar-refractivity contribution is 5.99. The normalized spacial score (nSPS) is 21.5. The fourth-order valence-electron chi connectivity index (χ4n) is 3.10. The quantitative estimate of drug-likeness (QED) is 0.865. The minimum atomic E-state index is -0.100. The molecule has 1 fully saturated rings. The molecule has 0 unspecified atom stereocenters. The van der Waals surface area contributed by atoms with E-state index < -0.39 is 0 Å². The summed E-state index contributed by atoms with van der Waals surface area (Å²) in [6, 6.07) is 2.14. The van der Waals surface area contributed by atoms with Crippen LogP contribution < -0.4 is 5.32 Å². The predicted octanol–water partition coefficient (Wildman–Crippen LogP) is 2.27. The highest BCUT2D eigenvalue weighted by atomic mass is 16.1. The first-order valence-corrected chi connectivity index (χ1v) is 7.67. The Kier molecular flexibility index (Phi) is 3.84. The van der Waals surface area contributed by atoms with Crippen molar-refractivity contribution in [3.63, 3.8) is 0 Å². The lowest BCUT2D eigenvalue weighted by molar-refractivity contribution is 0.0926. The zero-order valence-electron chi connectivity index (χ0n) is 13.0. The molecule has 0 saturated heterocycles. The number of carbonyl (C=O) groups excluding carboxylic acids is 1. The van der Waals surface area contributed by atoms with E-state index in [0.717, 1.165) is 37.1 Å². The molecule has 22 heavy (non-hydrogen) atoms. The number of hydrogen-bond acceptors (Lipinski definition) is 3. The molecule has 1 N–H and O–H groups in total. The molecule has 0 radical (unpaired) electrons. The summed E-state index contributed by atoms with van der Waals surface area (Å²) in [5, 5.41) is 7.36. The Morgan fingerprint density at radius 2 is 2.09 bits per heavy atom. The third-order valence-corrected chi connectivity index (χ3v) is 4.32. The number of nitrogens with one attached hydrogen (secondary N) is 1. The molecule has 0 atom stereocenters. The van der Waals surface area contributed by atoms with Crippen LogP contribution in [0.4, 0.5) is 0 Å². The number of terminal acetylenes is 1. The Hall–Kier alpha value is -2.35. The molecule has 0 aromatic carbocycles. The molecule has 5 nitrogen and oxygen atoms in total. The Bertz CT molecular complexity index is 748. The number of amides is 1. The Morgan fingerprint density at radius 1 is 1.36 bits per heavy atom. The van der Waals surface area contributed by atoms with Gasteiger partial charge in [-0.2, -0.15) is 5.10 Å². The highest BCUT2D eigenvalue weighted by Gasteiger charge is 2.23. The minimum Gasteiger partial charge on any atom is -0.349 e. The van der Waals surface area contributed by atoms with Gasteiger partial charge in [0.05, 0.1) is 6.20 Å². The molecule has 3 rings (SSSR count). The van der Waals surface area contributed by atoms with Crippen LogP contribution in [0.2, 0.25) is 0 Å². The van der Waals surface area contributed by atoms with Gasteiger partial charge in [0.25, 0.3) is 5.91 Å². The van der Waals surface area contributed by atoms with Crippen LogP contribution in [-0.2, 0) is 0 Å². The van der Waals surface area contributed by atoms with Gasteiger partial charge in [-0.25, -0.2) is 9.50 Å². The van der Waals surface area contributed by atoms with E-state index in [1.54, 1.807) is 10.7 Å². The van der Waals surface area contributed by atoms with Crippen molar-refractivity contribution < 1.29 is 4.79 Å². The number of aromatic nitrogens is 3. The van der Waals surface area contributed by atoms with E-state index in [-0.39, 0.29) is 11.9 Å². The summed E-state index contributed by atoms with van der Waals surface area (Å²) in [5.41, 5.74) is 3.00. The lowest BCUT2D eigenvalue weighted by Gasteiger charge is -2.26. The second-order valence-electron chi connectivity index (χ2n) is 6.02. The zero-order valence-corrected chi connectivity index (χ0v) is 13.0. The van der Waals surface area contributed by atoms with Gasteiger partial charge >= 0.3 is 0 Å². The molecule has 1 aliphatic rings. The van der Waals surface area contributed by atoms with E-state index in [2.05, 4.69) is 21.3 Å². The molecule has 0 aliphatic heterocycles. The standard InChI is InChI=1S/C17H20N4O/c1-4-13-5-7-14(8-6-13)20-17(22)15-10-18-21-12(3)9-11(2)19-16(15)21/h1,9-10,13-14H,5-8H2,2-3H3,(H,20,22)/t13-,14-. The monoisotopic (exact) mass is 296 g/mol. The molecule has 1 aliphatic carbocycles. The van der Waals surface area contributed by atoms with E-state index >= 15 is 0 Å². The second kappa shape index (κ2) is 5.80. The number of fused-ring (bicyclic) bond motifs is 1. The highest BCUT2D eigenvalue weighted by Crippen LogP contribution is 2.24. The van der Waals surface area contributed by atoms with Crippen LogP contribution in [-0.4, -0.2) is 26.5 Å². The van der Waals surface area contributed by atoms with Crippen LogP contribution in [0.25, 0.3) is 5.65 Å². The molecule has 2 aromatic rings. The van der Waals surface area contributed by atoms with Crippen LogP contribution in [0.1, 0.15) is 47.4 Å². The van der Waals surface area contributed by atoms with Crippen molar-refractivity contribution >= 4 is 11.6 Å². The summed E-state index contributed by atoms with van der Waals surface area (Å²) >= 11 is 0. The van der Waals surface area contributed by atoms with Crippen LogP contribution in [0.5, 0.6) is 0 Å². The van der Waals surface area contributed by atoms with Gasteiger partial charge in [0, 0.05) is 23.3 Å². The Labute approximate surface area is 130 Å². The van der Waals surface area contributed by atoms with E-state index in [0.29, 0.717) is 17.1 Å². The van der Waals surface area contributed by atoms with Gasteiger partial charge < -0.3 is 5.32 Å². The predicted molar refractivity (Wildman–Crippen MR) is 84.5 cm³/mol. The second-order valence-corrected chi connectivity index (χ2v) is 6.02. The number of carbonyl (C=O) groups is 1. The van der Waals surface area contributed by atoms with Crippen molar-refractivity contribution in [3.8, 4) is 12.3 Å². The fraction of sp³-hybridized carbons (Fsp3) is 0.471. The molecule has 0 bridgehead atoms. The van der Waals surface area contributed by atoms with Gasteiger partial charge in [-0.05, 0) is 45.6 Å². The van der Waals surface area contributed by atoms with Crippen molar-refractivity contribution in [2.24, 2.45) is 5.92 Å². The lowest BCUT2D eigenvalue weighted by Crippen LogP contribution is -2.37. The third-order valence-electron chi connectivity index (χ3n) is 4.32. The third kappa shape index (κ3) is 2.69. The average Bonchev–Trinajstić information content (AvgIpc) is 2.92. The topological polar surface area (TPSA) is 59.3 Å². The maximum Gasteiger partial charge on any atom is 0.256 e. The van der Waals surface area contributed by atoms with Gasteiger partial charge in [0.1, 0.15) is 5.56 Å². The maximum absolute atomic E-state index is 12.5. The Balaban J connectivity index is 1.77. The first-order chi connectivity index (χ1) is 10.6. The molecular formula is C17H20N4O. The van der Waals surface area contributed by atoms with Crippen LogP contribution in [0.3, 0.4) is 0 Å². The van der Waals surface area contributed by atoms with E-state index in [4.69, 9.17) is 6.42 Å². The number of nitrogens with zero attached hydrogens (tertiary/aromatic N) is 3. The molecule has 2 heterocycles. The van der Waals surface area contributed by atoms with Crippen LogP contribution in [0.15, 0.2) is 12.3 Å². The summed E-state index contributed by atoms with van der Waals surface area (Å²) in [4.78, 5) is 17.0. The summed E-state index contributed by atoms with van der Waals surface area (Å²) < 4.78 is 1.71. The molecule has 1 saturated carbocycles. The largest absolute Gasteiger partial charge is 0.349 e. The maximum atomic E-state index is 12.5. The zero-order chi connectivity index (χ0) is 15.7. The molecule has 1 amide bonds. The minimum absolute atomic E-state index is 0.100. The van der Waals surface area contributed by atoms with Crippen molar-refractivity contribution in [1.29, 1.82) is 0 Å². The molecule has 0 spiro atoms. The van der Waals surface area contributed by atoms with Gasteiger partial charge in [-0.1, -0.05) is 0 Å². The smallest absolute Gasteiger partial charge is 0.256 e. The number of rotatable bonds is 2. The molecule has 5 heteroatoms. The van der Waals surface area contributed by atoms with E-state index in [1.165, 1.54) is 0 Å². The van der Waals surface area contributed by atoms with Gasteiger partial charge in [-0.15, -0.1) is 12.3 Å². The number of aryl methyl sites for hydroxylation is 2. The summed E-state index contributed by atoms with van der Waals surface area (Å²) in [5.74, 6) is 3.06. The van der Waals surface area contributed by atoms with Crippen molar-refractivity contribution in [2.75, 3.05) is 0 Å². The first kappa shape index (κ1) is 14.6. The molecule has 114 valence electrons. The van der Waals surface area contributed by atoms with Crippen molar-refractivity contribution in [1.82, 2.24) is 19.9 Å². The van der Waals surface area contributed by atoms with Crippen molar-refractivity contribution in [2.45, 2.75) is 45.6 Å². The van der Waals surface area contributed by atoms with E-state index in [9.17, 15) is 4.79 Å². The summed E-state index contributed by atoms with van der Waals surface area (Å²) in [6.07, 6.45) is 10.9.